The maximum atomic E-state index is 12.9. The number of aryl methyl sites for hydroxylation is 2. The van der Waals surface area contributed by atoms with Crippen LogP contribution in [0, 0.1) is 0 Å². The quantitative estimate of drug-likeness (QED) is 0.661. The lowest BCUT2D eigenvalue weighted by molar-refractivity contribution is 0.511. The van der Waals surface area contributed by atoms with Crippen LogP contribution in [0.25, 0.3) is 0 Å². The molecular formula is C20H33N3O2SSi. The van der Waals surface area contributed by atoms with Crippen molar-refractivity contribution in [3.05, 3.63) is 47.8 Å². The molecule has 7 heteroatoms. The predicted molar refractivity (Wildman–Crippen MR) is 116 cm³/mol. The molecule has 0 fully saturated rings. The van der Waals surface area contributed by atoms with Crippen molar-refractivity contribution in [2.24, 2.45) is 0 Å². The molecule has 2 rings (SSSR count). The SMILES string of the molecule is CN(C)S(=O)(=O)n1cc(CCCc2ccccc2)nc1[Si](C)(C)C(C)(C)C. The second kappa shape index (κ2) is 7.89. The summed E-state index contributed by atoms with van der Waals surface area (Å²) in [4.78, 5) is 4.85. The monoisotopic (exact) mass is 407 g/mol. The molecule has 0 aliphatic rings. The number of hydrogen-bond donors (Lipinski definition) is 0. The molecule has 0 bridgehead atoms. The van der Waals surface area contributed by atoms with E-state index in [-0.39, 0.29) is 5.04 Å². The molecule has 0 saturated heterocycles. The lowest BCUT2D eigenvalue weighted by Crippen LogP contribution is -2.56. The molecule has 0 saturated carbocycles. The van der Waals surface area contributed by atoms with Crippen molar-refractivity contribution in [2.45, 2.75) is 58.2 Å². The topological polar surface area (TPSA) is 55.2 Å². The molecule has 0 aliphatic carbocycles. The van der Waals surface area contributed by atoms with E-state index < -0.39 is 18.3 Å². The number of aromatic nitrogens is 2. The minimum atomic E-state index is -3.59. The third-order valence-corrected chi connectivity index (χ3v) is 12.7. The molecule has 5 nitrogen and oxygen atoms in total. The van der Waals surface area contributed by atoms with Crippen LogP contribution in [-0.2, 0) is 23.1 Å². The van der Waals surface area contributed by atoms with Gasteiger partial charge in [0, 0.05) is 20.3 Å². The smallest absolute Gasteiger partial charge is 0.243 e. The standard InChI is InChI=1S/C20H33N3O2SSi/c1-20(2,3)27(6,7)19-21-18(16-23(19)26(24,25)22(4)5)15-11-14-17-12-9-8-10-13-17/h8-10,12-13,16H,11,14-15H2,1-7H3. The fraction of sp³-hybridized carbons (Fsp3) is 0.550. The van der Waals surface area contributed by atoms with Crippen molar-refractivity contribution in [3.8, 4) is 0 Å². The van der Waals surface area contributed by atoms with Crippen LogP contribution < -0.4 is 5.45 Å². The molecule has 0 N–H and O–H groups in total. The highest BCUT2D eigenvalue weighted by Crippen LogP contribution is 2.35. The molecule has 0 unspecified atom stereocenters. The molecule has 150 valence electrons. The molecule has 1 aromatic heterocycles. The van der Waals surface area contributed by atoms with Crippen LogP contribution in [0.3, 0.4) is 0 Å². The average molecular weight is 408 g/mol. The van der Waals surface area contributed by atoms with Crippen LogP contribution in [0.5, 0.6) is 0 Å². The van der Waals surface area contributed by atoms with Crippen molar-refractivity contribution in [3.63, 3.8) is 0 Å². The highest BCUT2D eigenvalue weighted by atomic mass is 32.2. The molecule has 2 aromatic rings. The molecule has 0 amide bonds. The van der Waals surface area contributed by atoms with Gasteiger partial charge in [-0.15, -0.1) is 0 Å². The first-order chi connectivity index (χ1) is 12.4. The van der Waals surface area contributed by atoms with Gasteiger partial charge >= 0.3 is 10.2 Å². The number of hydrogen-bond acceptors (Lipinski definition) is 3. The average Bonchev–Trinajstić information content (AvgIpc) is 3.00. The summed E-state index contributed by atoms with van der Waals surface area (Å²) in [6.07, 6.45) is 4.41. The largest absolute Gasteiger partial charge is 0.308 e. The number of benzene rings is 1. The summed E-state index contributed by atoms with van der Waals surface area (Å²) in [5, 5.41) is -0.000749. The highest BCUT2D eigenvalue weighted by Gasteiger charge is 2.43. The Morgan fingerprint density at radius 1 is 1.07 bits per heavy atom. The van der Waals surface area contributed by atoms with E-state index in [1.807, 2.05) is 18.2 Å². The number of imidazole rings is 1. The fourth-order valence-electron chi connectivity index (χ4n) is 2.75. The molecule has 1 heterocycles. The summed E-state index contributed by atoms with van der Waals surface area (Å²) >= 11 is 0. The summed E-state index contributed by atoms with van der Waals surface area (Å²) in [6.45, 7) is 10.9. The van der Waals surface area contributed by atoms with E-state index in [1.54, 1.807) is 20.3 Å². The molecular weight excluding hydrogens is 374 g/mol. The van der Waals surface area contributed by atoms with Crippen molar-refractivity contribution in [1.29, 1.82) is 0 Å². The van der Waals surface area contributed by atoms with Gasteiger partial charge in [-0.05, 0) is 29.9 Å². The van der Waals surface area contributed by atoms with Gasteiger partial charge in [-0.25, -0.2) is 8.96 Å². The molecule has 0 spiro atoms. The summed E-state index contributed by atoms with van der Waals surface area (Å²) in [5.41, 5.74) is 2.89. The zero-order valence-corrected chi connectivity index (χ0v) is 19.5. The maximum absolute atomic E-state index is 12.9. The van der Waals surface area contributed by atoms with Gasteiger partial charge in [-0.1, -0.05) is 64.2 Å². The Labute approximate surface area is 165 Å². The maximum Gasteiger partial charge on any atom is 0.308 e. The minimum absolute atomic E-state index is 0.000749. The Bertz CT molecular complexity index is 866. The Kier molecular flexibility index (Phi) is 6.39. The van der Waals surface area contributed by atoms with Crippen molar-refractivity contribution in [1.82, 2.24) is 13.3 Å². The van der Waals surface area contributed by atoms with Crippen molar-refractivity contribution in [2.75, 3.05) is 14.1 Å². The van der Waals surface area contributed by atoms with Gasteiger partial charge in [0.25, 0.3) is 0 Å². The summed E-state index contributed by atoms with van der Waals surface area (Å²) in [6, 6.07) is 10.3. The van der Waals surface area contributed by atoms with E-state index in [4.69, 9.17) is 4.98 Å². The minimum Gasteiger partial charge on any atom is -0.243 e. The van der Waals surface area contributed by atoms with Gasteiger partial charge < -0.3 is 0 Å². The van der Waals surface area contributed by atoms with Crippen molar-refractivity contribution < 1.29 is 8.42 Å². The second-order valence-corrected chi connectivity index (χ2v) is 16.1. The molecule has 27 heavy (non-hydrogen) atoms. The third kappa shape index (κ3) is 4.70. The van der Waals surface area contributed by atoms with E-state index in [0.29, 0.717) is 0 Å². The van der Waals surface area contributed by atoms with Crippen LogP contribution in [0.15, 0.2) is 36.5 Å². The summed E-state index contributed by atoms with van der Waals surface area (Å²) in [7, 11) is -2.56. The van der Waals surface area contributed by atoms with Crippen LogP contribution in [0.2, 0.25) is 18.1 Å². The lowest BCUT2D eigenvalue weighted by atomic mass is 10.1. The van der Waals surface area contributed by atoms with Gasteiger partial charge in [0.1, 0.15) is 13.5 Å². The molecule has 0 radical (unpaired) electrons. The van der Waals surface area contributed by atoms with Gasteiger partial charge in [-0.2, -0.15) is 12.7 Å². The van der Waals surface area contributed by atoms with Crippen molar-refractivity contribution >= 4 is 23.7 Å². The Morgan fingerprint density at radius 2 is 1.67 bits per heavy atom. The van der Waals surface area contributed by atoms with Crippen LogP contribution >= 0.6 is 0 Å². The summed E-state index contributed by atoms with van der Waals surface area (Å²) < 4.78 is 28.5. The lowest BCUT2D eigenvalue weighted by Gasteiger charge is -2.36. The zero-order valence-electron chi connectivity index (χ0n) is 17.7. The van der Waals surface area contributed by atoms with E-state index in [2.05, 4.69) is 46.0 Å². The highest BCUT2D eigenvalue weighted by molar-refractivity contribution is 7.87. The van der Waals surface area contributed by atoms with Gasteiger partial charge in [0.2, 0.25) is 0 Å². The Balaban J connectivity index is 2.35. The molecule has 1 aromatic carbocycles. The number of nitrogens with zero attached hydrogens (tertiary/aromatic N) is 3. The molecule has 0 atom stereocenters. The normalized spacial score (nSPS) is 13.3. The first kappa shape index (κ1) is 21.9. The first-order valence-corrected chi connectivity index (χ1v) is 13.8. The van der Waals surface area contributed by atoms with Gasteiger partial charge in [0.05, 0.1) is 5.69 Å². The zero-order chi connectivity index (χ0) is 20.5. The number of rotatable bonds is 7. The summed E-state index contributed by atoms with van der Waals surface area (Å²) in [5.74, 6) is 0. The van der Waals surface area contributed by atoms with E-state index in [1.165, 1.54) is 13.8 Å². The molecule has 0 aliphatic heterocycles. The van der Waals surface area contributed by atoms with Gasteiger partial charge in [0.15, 0.2) is 0 Å². The van der Waals surface area contributed by atoms with Crippen LogP contribution in [0.1, 0.15) is 38.4 Å². The fourth-order valence-corrected chi connectivity index (χ4v) is 6.36. The Hall–Kier alpha value is -1.44. The third-order valence-electron chi connectivity index (χ3n) is 5.61. The van der Waals surface area contributed by atoms with E-state index in [9.17, 15) is 8.42 Å². The van der Waals surface area contributed by atoms with E-state index >= 15 is 0 Å². The predicted octanol–water partition coefficient (Wildman–Crippen LogP) is 3.43. The second-order valence-electron chi connectivity index (χ2n) is 8.86. The van der Waals surface area contributed by atoms with Gasteiger partial charge in [-0.3, -0.25) is 0 Å². The van der Waals surface area contributed by atoms with Crippen LogP contribution in [-0.4, -0.2) is 43.8 Å². The Morgan fingerprint density at radius 3 is 2.19 bits per heavy atom. The first-order valence-electron chi connectivity index (χ1n) is 9.43. The van der Waals surface area contributed by atoms with Crippen LogP contribution in [0.4, 0.5) is 0 Å². The van der Waals surface area contributed by atoms with E-state index in [0.717, 1.165) is 30.4 Å².